The van der Waals surface area contributed by atoms with Crippen LogP contribution in [0.4, 0.5) is 10.1 Å². The highest BCUT2D eigenvalue weighted by molar-refractivity contribution is 5.48. The lowest BCUT2D eigenvalue weighted by molar-refractivity contribution is 0.0828. The fourth-order valence-electron chi connectivity index (χ4n) is 5.58. The van der Waals surface area contributed by atoms with Crippen LogP contribution in [0.25, 0.3) is 0 Å². The molecule has 0 aromatic heterocycles. The first kappa shape index (κ1) is 20.9. The first-order valence-electron chi connectivity index (χ1n) is 11.8. The van der Waals surface area contributed by atoms with Crippen molar-refractivity contribution in [2.75, 3.05) is 57.3 Å². The second-order valence-corrected chi connectivity index (χ2v) is 9.20. The van der Waals surface area contributed by atoms with Gasteiger partial charge in [0.05, 0.1) is 11.7 Å². The van der Waals surface area contributed by atoms with Gasteiger partial charge in [0.1, 0.15) is 5.82 Å². The van der Waals surface area contributed by atoms with E-state index in [-0.39, 0.29) is 5.82 Å². The summed E-state index contributed by atoms with van der Waals surface area (Å²) in [5.41, 5.74) is 9.00. The number of likely N-dealkylation sites (tertiary alicyclic amines) is 1. The minimum absolute atomic E-state index is 0.105. The van der Waals surface area contributed by atoms with E-state index in [1.807, 2.05) is 12.1 Å². The van der Waals surface area contributed by atoms with Gasteiger partial charge in [-0.15, -0.1) is 0 Å². The first-order chi connectivity index (χ1) is 15.3. The first-order valence-corrected chi connectivity index (χ1v) is 11.8. The van der Waals surface area contributed by atoms with Crippen LogP contribution in [0.15, 0.2) is 54.6 Å². The molecule has 0 bridgehead atoms. The number of piperazine rings is 1. The number of benzene rings is 2. The van der Waals surface area contributed by atoms with Crippen molar-refractivity contribution < 1.29 is 4.39 Å². The maximum atomic E-state index is 14.2. The Kier molecular flexibility index (Phi) is 6.50. The number of halogens is 1. The van der Waals surface area contributed by atoms with Gasteiger partial charge in [-0.25, -0.2) is 9.82 Å². The molecule has 2 N–H and O–H groups in total. The Bertz CT molecular complexity index is 839. The summed E-state index contributed by atoms with van der Waals surface area (Å²) in [7, 11) is 0. The molecule has 0 amide bonds. The monoisotopic (exact) mass is 423 g/mol. The van der Waals surface area contributed by atoms with Crippen LogP contribution < -0.4 is 15.8 Å². The van der Waals surface area contributed by atoms with Gasteiger partial charge in [0.25, 0.3) is 0 Å². The molecule has 2 aromatic carbocycles. The number of nitrogens with one attached hydrogen (secondary N) is 2. The van der Waals surface area contributed by atoms with Crippen molar-refractivity contribution in [1.29, 1.82) is 0 Å². The predicted molar refractivity (Wildman–Crippen MR) is 123 cm³/mol. The Hall–Kier alpha value is -1.99. The highest BCUT2D eigenvalue weighted by atomic mass is 19.1. The third-order valence-electron chi connectivity index (χ3n) is 7.25. The Morgan fingerprint density at radius 1 is 0.903 bits per heavy atom. The van der Waals surface area contributed by atoms with E-state index in [0.717, 1.165) is 51.5 Å². The molecule has 2 aromatic rings. The standard InChI is InChI=1S/C25H34FN5/c26-23-10-4-5-11-24(23)31-15-13-30(14-16-31)22-9-6-12-29(19-22)18-21-17-27-28-25(21)20-7-2-1-3-8-20/h1-5,7-8,10-11,21-22,25,27-28H,6,9,12-19H2. The van der Waals surface area contributed by atoms with Crippen molar-refractivity contribution in [2.24, 2.45) is 5.92 Å². The maximum absolute atomic E-state index is 14.2. The van der Waals surface area contributed by atoms with Crippen molar-refractivity contribution in [1.82, 2.24) is 20.7 Å². The normalized spacial score (nSPS) is 28.2. The summed E-state index contributed by atoms with van der Waals surface area (Å²) in [5, 5.41) is 0. The molecule has 3 aliphatic heterocycles. The van der Waals surface area contributed by atoms with Crippen LogP contribution in [0.5, 0.6) is 0 Å². The lowest BCUT2D eigenvalue weighted by atomic mass is 9.93. The van der Waals surface area contributed by atoms with Crippen LogP contribution in [0.2, 0.25) is 0 Å². The van der Waals surface area contributed by atoms with Crippen molar-refractivity contribution >= 4 is 5.69 Å². The zero-order valence-electron chi connectivity index (χ0n) is 18.2. The van der Waals surface area contributed by atoms with Crippen LogP contribution >= 0.6 is 0 Å². The van der Waals surface area contributed by atoms with Crippen LogP contribution in [0, 0.1) is 11.7 Å². The van der Waals surface area contributed by atoms with Crippen molar-refractivity contribution in [3.8, 4) is 0 Å². The fraction of sp³-hybridized carbons (Fsp3) is 0.520. The largest absolute Gasteiger partial charge is 0.367 e. The number of nitrogens with zero attached hydrogens (tertiary/aromatic N) is 3. The van der Waals surface area contributed by atoms with Crippen molar-refractivity contribution in [3.63, 3.8) is 0 Å². The average Bonchev–Trinajstić information content (AvgIpc) is 3.28. The molecule has 3 aliphatic rings. The summed E-state index contributed by atoms with van der Waals surface area (Å²) < 4.78 is 14.2. The van der Waals surface area contributed by atoms with E-state index < -0.39 is 0 Å². The molecule has 3 heterocycles. The van der Waals surface area contributed by atoms with Gasteiger partial charge < -0.3 is 9.80 Å². The average molecular weight is 424 g/mol. The molecule has 5 nitrogen and oxygen atoms in total. The summed E-state index contributed by atoms with van der Waals surface area (Å²) >= 11 is 0. The Morgan fingerprint density at radius 2 is 1.68 bits per heavy atom. The smallest absolute Gasteiger partial charge is 0.146 e. The molecule has 5 rings (SSSR count). The maximum Gasteiger partial charge on any atom is 0.146 e. The van der Waals surface area contributed by atoms with Gasteiger partial charge in [0.2, 0.25) is 0 Å². The number of hydrazine groups is 1. The van der Waals surface area contributed by atoms with Gasteiger partial charge in [-0.2, -0.15) is 0 Å². The van der Waals surface area contributed by atoms with Crippen LogP contribution in [-0.4, -0.2) is 68.2 Å². The minimum Gasteiger partial charge on any atom is -0.367 e. The molecule has 3 fully saturated rings. The molecule has 0 radical (unpaired) electrons. The van der Waals surface area contributed by atoms with E-state index in [2.05, 4.69) is 55.9 Å². The SMILES string of the molecule is Fc1ccccc1N1CCN(C2CCCN(CC3CNNC3c3ccccc3)C2)CC1. The highest BCUT2D eigenvalue weighted by Crippen LogP contribution is 2.28. The van der Waals surface area contributed by atoms with Crippen molar-refractivity contribution in [2.45, 2.75) is 24.9 Å². The van der Waals surface area contributed by atoms with Gasteiger partial charge in [-0.05, 0) is 37.1 Å². The van der Waals surface area contributed by atoms with Gasteiger partial charge in [-0.3, -0.25) is 10.3 Å². The fourth-order valence-corrected chi connectivity index (χ4v) is 5.58. The summed E-state index contributed by atoms with van der Waals surface area (Å²) in [6.45, 7) is 8.35. The second kappa shape index (κ2) is 9.65. The van der Waals surface area contributed by atoms with E-state index >= 15 is 0 Å². The van der Waals surface area contributed by atoms with Gasteiger partial charge in [-0.1, -0.05) is 42.5 Å². The van der Waals surface area contributed by atoms with E-state index in [1.165, 1.54) is 24.9 Å². The quantitative estimate of drug-likeness (QED) is 0.773. The summed E-state index contributed by atoms with van der Waals surface area (Å²) in [5.74, 6) is 0.477. The Labute approximate surface area is 185 Å². The molecule has 3 atom stereocenters. The molecule has 166 valence electrons. The highest BCUT2D eigenvalue weighted by Gasteiger charge is 2.33. The molecule has 3 saturated heterocycles. The molecule has 0 spiro atoms. The Balaban J connectivity index is 1.15. The number of para-hydroxylation sites is 1. The minimum atomic E-state index is -0.105. The molecule has 3 unspecified atom stereocenters. The van der Waals surface area contributed by atoms with E-state index in [9.17, 15) is 4.39 Å². The topological polar surface area (TPSA) is 33.8 Å². The zero-order valence-corrected chi connectivity index (χ0v) is 18.2. The summed E-state index contributed by atoms with van der Waals surface area (Å²) in [4.78, 5) is 7.52. The third kappa shape index (κ3) is 4.77. The van der Waals surface area contributed by atoms with Crippen molar-refractivity contribution in [3.05, 3.63) is 66.0 Å². The van der Waals surface area contributed by atoms with Crippen LogP contribution in [0.3, 0.4) is 0 Å². The molecule has 0 saturated carbocycles. The van der Waals surface area contributed by atoms with Gasteiger partial charge in [0.15, 0.2) is 0 Å². The number of rotatable bonds is 5. The lowest BCUT2D eigenvalue weighted by Crippen LogP contribution is -2.55. The van der Waals surface area contributed by atoms with E-state index in [1.54, 1.807) is 12.1 Å². The number of hydrogen-bond donors (Lipinski definition) is 2. The second-order valence-electron chi connectivity index (χ2n) is 9.20. The lowest BCUT2D eigenvalue weighted by Gasteiger charge is -2.44. The van der Waals surface area contributed by atoms with Crippen LogP contribution in [-0.2, 0) is 0 Å². The molecular weight excluding hydrogens is 389 g/mol. The molecule has 0 aliphatic carbocycles. The van der Waals surface area contributed by atoms with E-state index in [0.29, 0.717) is 18.0 Å². The van der Waals surface area contributed by atoms with E-state index in [4.69, 9.17) is 0 Å². The predicted octanol–water partition coefficient (Wildman–Crippen LogP) is 2.88. The number of anilines is 1. The number of hydrogen-bond acceptors (Lipinski definition) is 5. The van der Waals surface area contributed by atoms with Gasteiger partial charge in [0, 0.05) is 57.8 Å². The molecule has 31 heavy (non-hydrogen) atoms. The molecular formula is C25H34FN5. The Morgan fingerprint density at radius 3 is 2.48 bits per heavy atom. The third-order valence-corrected chi connectivity index (χ3v) is 7.25. The summed E-state index contributed by atoms with van der Waals surface area (Å²) in [6.07, 6.45) is 2.54. The summed E-state index contributed by atoms with van der Waals surface area (Å²) in [6, 6.07) is 19.0. The van der Waals surface area contributed by atoms with Crippen LogP contribution in [0.1, 0.15) is 24.4 Å². The number of piperidine rings is 1. The van der Waals surface area contributed by atoms with Gasteiger partial charge >= 0.3 is 0 Å². The molecule has 6 heteroatoms. The zero-order chi connectivity index (χ0) is 21.0.